The van der Waals surface area contributed by atoms with Crippen LogP contribution in [0.3, 0.4) is 0 Å². The lowest BCUT2D eigenvalue weighted by molar-refractivity contribution is 1.45. The van der Waals surface area contributed by atoms with Crippen LogP contribution in [0.1, 0.15) is 6.92 Å². The second-order valence-corrected chi connectivity index (χ2v) is 1.82. The van der Waals surface area contributed by atoms with Crippen LogP contribution in [0, 0.1) is 10.8 Å². The number of nitrogens with zero attached hydrogens (tertiary/aromatic N) is 1. The van der Waals surface area contributed by atoms with Gasteiger partial charge in [-0.25, -0.2) is 0 Å². The summed E-state index contributed by atoms with van der Waals surface area (Å²) in [5, 5.41) is 14.3. The second kappa shape index (κ2) is 1.93. The third-order valence-electron chi connectivity index (χ3n) is 1.14. The van der Waals surface area contributed by atoms with Gasteiger partial charge in [-0.1, -0.05) is 0 Å². The number of aliphatic imine (C=N–C) groups is 1. The summed E-state index contributed by atoms with van der Waals surface area (Å²) >= 11 is 0. The zero-order valence-electron chi connectivity index (χ0n) is 5.10. The first-order valence-corrected chi connectivity index (χ1v) is 2.60. The molecule has 1 aliphatic rings. The Morgan fingerprint density at radius 2 is 2.11 bits per heavy atom. The Morgan fingerprint density at radius 3 is 2.56 bits per heavy atom. The fourth-order valence-corrected chi connectivity index (χ4v) is 0.566. The van der Waals surface area contributed by atoms with Crippen LogP contribution in [-0.2, 0) is 0 Å². The van der Waals surface area contributed by atoms with Gasteiger partial charge >= 0.3 is 0 Å². The van der Waals surface area contributed by atoms with Gasteiger partial charge in [-0.2, -0.15) is 0 Å². The molecule has 3 nitrogen and oxygen atoms in total. The average Bonchev–Trinajstić information content (AvgIpc) is 1.83. The van der Waals surface area contributed by atoms with E-state index in [1.54, 1.807) is 6.92 Å². The van der Waals surface area contributed by atoms with Gasteiger partial charge in [0.15, 0.2) is 0 Å². The lowest BCUT2D eigenvalue weighted by atomic mass is 10.1. The van der Waals surface area contributed by atoms with Gasteiger partial charge in [-0.15, -0.1) is 0 Å². The maximum atomic E-state index is 7.19. The summed E-state index contributed by atoms with van der Waals surface area (Å²) in [6.45, 7) is 1.72. The van der Waals surface area contributed by atoms with Crippen LogP contribution in [0.4, 0.5) is 0 Å². The molecule has 0 aliphatic carbocycles. The van der Waals surface area contributed by atoms with Gasteiger partial charge in [0.2, 0.25) is 0 Å². The molecule has 2 N–H and O–H groups in total. The van der Waals surface area contributed by atoms with Crippen LogP contribution >= 0.6 is 0 Å². The van der Waals surface area contributed by atoms with E-state index in [4.69, 9.17) is 10.8 Å². The van der Waals surface area contributed by atoms with Gasteiger partial charge in [0.1, 0.15) is 5.71 Å². The molecule has 0 unspecified atom stereocenters. The van der Waals surface area contributed by atoms with Crippen LogP contribution in [0.15, 0.2) is 17.3 Å². The van der Waals surface area contributed by atoms with E-state index >= 15 is 0 Å². The highest BCUT2D eigenvalue weighted by atomic mass is 14.7. The van der Waals surface area contributed by atoms with Crippen LogP contribution < -0.4 is 0 Å². The maximum absolute atomic E-state index is 7.19. The minimum absolute atomic E-state index is 0.220. The fraction of sp³-hybridized carbons (Fsp3) is 0.167. The molecule has 1 heterocycles. The number of hydrogen-bond acceptors (Lipinski definition) is 3. The molecule has 0 aromatic heterocycles. The highest BCUT2D eigenvalue weighted by molar-refractivity contribution is 6.69. The Labute approximate surface area is 53.1 Å². The lowest BCUT2D eigenvalue weighted by Gasteiger charge is -2.03. The first kappa shape index (κ1) is 5.88. The van der Waals surface area contributed by atoms with Crippen molar-refractivity contribution in [3.8, 4) is 0 Å². The molecule has 0 bridgehead atoms. The van der Waals surface area contributed by atoms with E-state index in [0.29, 0.717) is 5.71 Å². The van der Waals surface area contributed by atoms with Crippen molar-refractivity contribution in [2.75, 3.05) is 0 Å². The predicted molar refractivity (Wildman–Crippen MR) is 37.7 cm³/mol. The minimum atomic E-state index is 0.220. The van der Waals surface area contributed by atoms with Gasteiger partial charge in [0.05, 0.1) is 11.4 Å². The Bertz CT molecular complexity index is 222. The normalized spacial score (nSPS) is 18.1. The van der Waals surface area contributed by atoms with Crippen molar-refractivity contribution < 1.29 is 0 Å². The number of hydrogen-bond donors (Lipinski definition) is 2. The van der Waals surface area contributed by atoms with E-state index < -0.39 is 0 Å². The van der Waals surface area contributed by atoms with Crippen molar-refractivity contribution in [1.82, 2.24) is 0 Å². The third kappa shape index (κ3) is 0.937. The Morgan fingerprint density at radius 1 is 1.44 bits per heavy atom. The molecular formula is C6H7N3. The minimum Gasteiger partial charge on any atom is -0.299 e. The zero-order chi connectivity index (χ0) is 6.85. The van der Waals surface area contributed by atoms with Crippen molar-refractivity contribution >= 4 is 17.1 Å². The van der Waals surface area contributed by atoms with Crippen LogP contribution in [-0.4, -0.2) is 17.1 Å². The number of nitrogens with one attached hydrogen (secondary N) is 2. The first-order chi connectivity index (χ1) is 4.22. The van der Waals surface area contributed by atoms with E-state index in [1.807, 2.05) is 0 Å². The molecular weight excluding hydrogens is 114 g/mol. The molecule has 0 aromatic rings. The molecule has 0 spiro atoms. The van der Waals surface area contributed by atoms with E-state index in [0.717, 1.165) is 0 Å². The molecule has 0 saturated heterocycles. The van der Waals surface area contributed by atoms with Crippen molar-refractivity contribution in [2.24, 2.45) is 4.99 Å². The van der Waals surface area contributed by atoms with E-state index in [-0.39, 0.29) is 11.4 Å². The van der Waals surface area contributed by atoms with Gasteiger partial charge in [-0.05, 0) is 13.0 Å². The van der Waals surface area contributed by atoms with E-state index in [2.05, 4.69) is 4.99 Å². The lowest BCUT2D eigenvalue weighted by Crippen LogP contribution is -2.20. The SMILES string of the molecule is CC1=NC=CC(=N)C1=N. The summed E-state index contributed by atoms with van der Waals surface area (Å²) in [5.41, 5.74) is 1.07. The summed E-state index contributed by atoms with van der Waals surface area (Å²) in [6.07, 6.45) is 3.05. The van der Waals surface area contributed by atoms with Gasteiger partial charge < -0.3 is 0 Å². The highest BCUT2D eigenvalue weighted by Gasteiger charge is 2.07. The fourth-order valence-electron chi connectivity index (χ4n) is 0.566. The molecule has 0 saturated carbocycles. The molecule has 0 fully saturated rings. The third-order valence-corrected chi connectivity index (χ3v) is 1.14. The second-order valence-electron chi connectivity index (χ2n) is 1.82. The summed E-state index contributed by atoms with van der Waals surface area (Å²) in [6, 6.07) is 0. The summed E-state index contributed by atoms with van der Waals surface area (Å²) in [7, 11) is 0. The smallest absolute Gasteiger partial charge is 0.100 e. The maximum Gasteiger partial charge on any atom is 0.100 e. The summed E-state index contributed by atoms with van der Waals surface area (Å²) in [5.74, 6) is 0. The summed E-state index contributed by atoms with van der Waals surface area (Å²) in [4.78, 5) is 3.83. The molecule has 0 radical (unpaired) electrons. The standard InChI is InChI=1S/C6H7N3/c1-4-6(8)5(7)2-3-9-4/h2-3,7-8H,1H3. The molecule has 1 rings (SSSR count). The number of rotatable bonds is 0. The van der Waals surface area contributed by atoms with Gasteiger partial charge in [0, 0.05) is 6.20 Å². The van der Waals surface area contributed by atoms with E-state index in [1.165, 1.54) is 12.3 Å². The first-order valence-electron chi connectivity index (χ1n) is 2.60. The summed E-state index contributed by atoms with van der Waals surface area (Å²) < 4.78 is 0. The van der Waals surface area contributed by atoms with E-state index in [9.17, 15) is 0 Å². The van der Waals surface area contributed by atoms with Crippen LogP contribution in [0.25, 0.3) is 0 Å². The Balaban J connectivity index is 3.00. The Kier molecular flexibility index (Phi) is 1.26. The average molecular weight is 121 g/mol. The van der Waals surface area contributed by atoms with Crippen LogP contribution in [0.5, 0.6) is 0 Å². The quantitative estimate of drug-likeness (QED) is 0.480. The molecule has 46 valence electrons. The van der Waals surface area contributed by atoms with Crippen LogP contribution in [0.2, 0.25) is 0 Å². The van der Waals surface area contributed by atoms with Crippen molar-refractivity contribution in [2.45, 2.75) is 6.92 Å². The zero-order valence-corrected chi connectivity index (χ0v) is 5.10. The predicted octanol–water partition coefficient (Wildman–Crippen LogP) is 1.01. The molecule has 0 amide bonds. The highest BCUT2D eigenvalue weighted by Crippen LogP contribution is 1.94. The molecule has 3 heteroatoms. The molecule has 1 aliphatic heterocycles. The van der Waals surface area contributed by atoms with Crippen molar-refractivity contribution in [1.29, 1.82) is 10.8 Å². The van der Waals surface area contributed by atoms with Crippen molar-refractivity contribution in [3.63, 3.8) is 0 Å². The molecule has 0 aromatic carbocycles. The van der Waals surface area contributed by atoms with Crippen molar-refractivity contribution in [3.05, 3.63) is 12.3 Å². The molecule has 9 heavy (non-hydrogen) atoms. The molecule has 0 atom stereocenters. The topological polar surface area (TPSA) is 60.1 Å². The Hall–Kier alpha value is -1.25. The monoisotopic (exact) mass is 121 g/mol. The van der Waals surface area contributed by atoms with Gasteiger partial charge in [-0.3, -0.25) is 15.8 Å². The largest absolute Gasteiger partial charge is 0.299 e. The van der Waals surface area contributed by atoms with Gasteiger partial charge in [0.25, 0.3) is 0 Å². The number of allylic oxidation sites excluding steroid dienone is 1.